The monoisotopic (exact) mass is 256 g/mol. The van der Waals surface area contributed by atoms with Gasteiger partial charge in [-0.2, -0.15) is 0 Å². The minimum atomic E-state index is -0.486. The van der Waals surface area contributed by atoms with E-state index in [1.165, 1.54) is 0 Å². The molecule has 1 unspecified atom stereocenters. The van der Waals surface area contributed by atoms with Crippen LogP contribution in [0.5, 0.6) is 0 Å². The largest absolute Gasteiger partial charge is 0.397 e. The van der Waals surface area contributed by atoms with Gasteiger partial charge in [-0.15, -0.1) is 0 Å². The molecule has 5 nitrogen and oxygen atoms in total. The number of benzene rings is 1. The van der Waals surface area contributed by atoms with Crippen LogP contribution in [-0.2, 0) is 0 Å². The second-order valence-electron chi connectivity index (χ2n) is 4.31. The lowest BCUT2D eigenvalue weighted by atomic mass is 10.1. The highest BCUT2D eigenvalue weighted by Crippen LogP contribution is 2.24. The number of aromatic nitrogens is 1. The normalized spacial score (nSPS) is 11.8. The zero-order chi connectivity index (χ0) is 13.8. The fourth-order valence-corrected chi connectivity index (χ4v) is 1.82. The Hall–Kier alpha value is -2.56. The quantitative estimate of drug-likeness (QED) is 0.728. The molecule has 1 amide bonds. The fourth-order valence-electron chi connectivity index (χ4n) is 1.82. The number of hydrogen-bond acceptors (Lipinski definition) is 4. The van der Waals surface area contributed by atoms with Crippen LogP contribution in [0.3, 0.4) is 0 Å². The van der Waals surface area contributed by atoms with Crippen molar-refractivity contribution in [2.75, 3.05) is 11.1 Å². The number of pyridine rings is 1. The first kappa shape index (κ1) is 12.9. The van der Waals surface area contributed by atoms with Gasteiger partial charge in [-0.1, -0.05) is 0 Å². The number of nitrogen functional groups attached to an aromatic ring is 1. The molecule has 0 aliphatic heterocycles. The van der Waals surface area contributed by atoms with E-state index in [0.29, 0.717) is 11.3 Å². The van der Waals surface area contributed by atoms with E-state index < -0.39 is 5.91 Å². The summed E-state index contributed by atoms with van der Waals surface area (Å²) >= 11 is 0. The number of rotatable bonds is 4. The van der Waals surface area contributed by atoms with Gasteiger partial charge in [0.15, 0.2) is 0 Å². The van der Waals surface area contributed by atoms with Crippen molar-refractivity contribution < 1.29 is 4.79 Å². The maximum absolute atomic E-state index is 11.0. The second kappa shape index (κ2) is 5.39. The Balaban J connectivity index is 2.18. The first-order valence-corrected chi connectivity index (χ1v) is 5.93. The predicted octanol–water partition coefficient (Wildman–Crippen LogP) is 1.94. The molecule has 0 aliphatic carbocycles. The van der Waals surface area contributed by atoms with Crippen LogP contribution in [0.4, 0.5) is 11.4 Å². The predicted molar refractivity (Wildman–Crippen MR) is 75.6 cm³/mol. The number of nitrogens with one attached hydrogen (secondary N) is 1. The fraction of sp³-hybridized carbons (Fsp3) is 0.143. The average molecular weight is 256 g/mol. The van der Waals surface area contributed by atoms with Crippen LogP contribution in [0, 0.1) is 0 Å². The molecule has 1 heterocycles. The smallest absolute Gasteiger partial charge is 0.248 e. The van der Waals surface area contributed by atoms with Gasteiger partial charge in [0, 0.05) is 24.0 Å². The van der Waals surface area contributed by atoms with Gasteiger partial charge < -0.3 is 16.8 Å². The number of amides is 1. The van der Waals surface area contributed by atoms with Gasteiger partial charge in [0.2, 0.25) is 5.91 Å². The highest BCUT2D eigenvalue weighted by molar-refractivity contribution is 5.94. The van der Waals surface area contributed by atoms with E-state index >= 15 is 0 Å². The highest BCUT2D eigenvalue weighted by atomic mass is 16.1. The summed E-state index contributed by atoms with van der Waals surface area (Å²) in [5, 5.41) is 3.29. The zero-order valence-corrected chi connectivity index (χ0v) is 10.6. The summed E-state index contributed by atoms with van der Waals surface area (Å²) in [6.07, 6.45) is 3.49. The van der Waals surface area contributed by atoms with E-state index in [-0.39, 0.29) is 6.04 Å². The van der Waals surface area contributed by atoms with Crippen molar-refractivity contribution in [3.63, 3.8) is 0 Å². The Morgan fingerprint density at radius 3 is 2.53 bits per heavy atom. The minimum absolute atomic E-state index is 0.0877. The van der Waals surface area contributed by atoms with Crippen molar-refractivity contribution in [2.45, 2.75) is 13.0 Å². The molecule has 2 aromatic rings. The molecule has 1 aromatic carbocycles. The first-order chi connectivity index (χ1) is 9.08. The van der Waals surface area contributed by atoms with E-state index in [1.807, 2.05) is 19.1 Å². The molecule has 1 aromatic heterocycles. The SMILES string of the molecule is CC(Nc1ccc(C(N)=O)cc1N)c1ccncc1. The number of hydrogen-bond donors (Lipinski definition) is 3. The summed E-state index contributed by atoms with van der Waals surface area (Å²) in [6, 6.07) is 8.94. The summed E-state index contributed by atoms with van der Waals surface area (Å²) < 4.78 is 0. The van der Waals surface area contributed by atoms with E-state index in [9.17, 15) is 4.79 Å². The topological polar surface area (TPSA) is 94.0 Å². The lowest BCUT2D eigenvalue weighted by Gasteiger charge is -2.17. The molecular weight excluding hydrogens is 240 g/mol. The number of primary amides is 1. The lowest BCUT2D eigenvalue weighted by molar-refractivity contribution is 0.100. The lowest BCUT2D eigenvalue weighted by Crippen LogP contribution is -2.13. The first-order valence-electron chi connectivity index (χ1n) is 5.93. The van der Waals surface area contributed by atoms with Crippen molar-refractivity contribution in [2.24, 2.45) is 5.73 Å². The summed E-state index contributed by atoms with van der Waals surface area (Å²) in [4.78, 5) is 15.0. The van der Waals surface area contributed by atoms with Gasteiger partial charge in [0.25, 0.3) is 0 Å². The van der Waals surface area contributed by atoms with Crippen LogP contribution in [0.15, 0.2) is 42.7 Å². The molecule has 0 radical (unpaired) electrons. The van der Waals surface area contributed by atoms with Crippen molar-refractivity contribution in [3.8, 4) is 0 Å². The molecule has 0 spiro atoms. The van der Waals surface area contributed by atoms with E-state index in [2.05, 4.69) is 10.3 Å². The van der Waals surface area contributed by atoms with Gasteiger partial charge in [0.05, 0.1) is 11.4 Å². The van der Waals surface area contributed by atoms with Gasteiger partial charge >= 0.3 is 0 Å². The molecule has 0 fully saturated rings. The molecule has 1 atom stereocenters. The third kappa shape index (κ3) is 3.01. The van der Waals surface area contributed by atoms with Gasteiger partial charge in [-0.3, -0.25) is 9.78 Å². The summed E-state index contributed by atoms with van der Waals surface area (Å²) in [7, 11) is 0. The maximum atomic E-state index is 11.0. The molecule has 0 saturated heterocycles. The molecule has 5 heteroatoms. The van der Waals surface area contributed by atoms with Crippen LogP contribution < -0.4 is 16.8 Å². The Morgan fingerprint density at radius 1 is 1.26 bits per heavy atom. The molecular formula is C14H16N4O. The summed E-state index contributed by atoms with van der Waals surface area (Å²) in [5.41, 5.74) is 13.9. The van der Waals surface area contributed by atoms with Crippen LogP contribution in [0.1, 0.15) is 28.9 Å². The molecule has 0 bridgehead atoms. The molecule has 0 aliphatic rings. The Kier molecular flexibility index (Phi) is 3.66. The number of nitrogens with zero attached hydrogens (tertiary/aromatic N) is 1. The van der Waals surface area contributed by atoms with Crippen LogP contribution in [-0.4, -0.2) is 10.9 Å². The van der Waals surface area contributed by atoms with Crippen LogP contribution in [0.25, 0.3) is 0 Å². The zero-order valence-electron chi connectivity index (χ0n) is 10.6. The van der Waals surface area contributed by atoms with Crippen molar-refractivity contribution in [1.29, 1.82) is 0 Å². The number of carbonyl (C=O) groups is 1. The second-order valence-corrected chi connectivity index (χ2v) is 4.31. The maximum Gasteiger partial charge on any atom is 0.248 e. The number of nitrogens with two attached hydrogens (primary N) is 2. The van der Waals surface area contributed by atoms with Crippen LogP contribution in [0.2, 0.25) is 0 Å². The highest BCUT2D eigenvalue weighted by Gasteiger charge is 2.09. The molecule has 98 valence electrons. The summed E-state index contributed by atoms with van der Waals surface area (Å²) in [6.45, 7) is 2.02. The third-order valence-electron chi connectivity index (χ3n) is 2.91. The molecule has 0 saturated carbocycles. The molecule has 19 heavy (non-hydrogen) atoms. The van der Waals surface area contributed by atoms with E-state index in [0.717, 1.165) is 11.3 Å². The summed E-state index contributed by atoms with van der Waals surface area (Å²) in [5.74, 6) is -0.486. The van der Waals surface area contributed by atoms with Gasteiger partial charge in [-0.25, -0.2) is 0 Å². The standard InChI is InChI=1S/C14H16N4O/c1-9(10-4-6-17-7-5-10)18-13-3-2-11(14(16)19)8-12(13)15/h2-9,18H,15H2,1H3,(H2,16,19). The number of anilines is 2. The van der Waals surface area contributed by atoms with Crippen LogP contribution >= 0.6 is 0 Å². The van der Waals surface area contributed by atoms with Crippen molar-refractivity contribution in [1.82, 2.24) is 4.98 Å². The molecule has 2 rings (SSSR count). The van der Waals surface area contributed by atoms with Crippen molar-refractivity contribution in [3.05, 3.63) is 53.9 Å². The van der Waals surface area contributed by atoms with Crippen molar-refractivity contribution >= 4 is 17.3 Å². The van der Waals surface area contributed by atoms with E-state index in [1.54, 1.807) is 30.6 Å². The van der Waals surface area contributed by atoms with E-state index in [4.69, 9.17) is 11.5 Å². The third-order valence-corrected chi connectivity index (χ3v) is 2.91. The molecule has 5 N–H and O–H groups in total. The Bertz CT molecular complexity index is 583. The number of carbonyl (C=O) groups excluding carboxylic acids is 1. The minimum Gasteiger partial charge on any atom is -0.397 e. The van der Waals surface area contributed by atoms with Gasteiger partial charge in [-0.05, 0) is 42.8 Å². The average Bonchev–Trinajstić information content (AvgIpc) is 2.41. The Labute approximate surface area is 111 Å². The Morgan fingerprint density at radius 2 is 1.95 bits per heavy atom. The van der Waals surface area contributed by atoms with Gasteiger partial charge in [0.1, 0.15) is 0 Å².